The largest absolute Gasteiger partial charge is 0.508 e. The summed E-state index contributed by atoms with van der Waals surface area (Å²) in [4.78, 5) is 0. The number of hydrogen-bond acceptors (Lipinski definition) is 3. The molecule has 0 fully saturated rings. The summed E-state index contributed by atoms with van der Waals surface area (Å²) < 4.78 is 10.4. The van der Waals surface area contributed by atoms with Gasteiger partial charge >= 0.3 is 0 Å². The standard InChI is InChI=1S/C14H13ClO3/c1-17-13-4-3-9(7-14(13)18-2)10-5-11(15)8-12(16)6-10/h3-8,16H,1-2H3. The number of methoxy groups -OCH3 is 2. The van der Waals surface area contributed by atoms with Gasteiger partial charge in [-0.15, -0.1) is 0 Å². The molecule has 0 saturated carbocycles. The summed E-state index contributed by atoms with van der Waals surface area (Å²) in [5.41, 5.74) is 1.71. The number of aromatic hydroxyl groups is 1. The zero-order chi connectivity index (χ0) is 13.1. The van der Waals surface area contributed by atoms with Crippen molar-refractivity contribution < 1.29 is 14.6 Å². The highest BCUT2D eigenvalue weighted by Crippen LogP contribution is 2.34. The van der Waals surface area contributed by atoms with E-state index in [2.05, 4.69) is 0 Å². The van der Waals surface area contributed by atoms with Gasteiger partial charge in [0.1, 0.15) is 5.75 Å². The minimum absolute atomic E-state index is 0.132. The van der Waals surface area contributed by atoms with E-state index in [4.69, 9.17) is 21.1 Å². The molecule has 0 saturated heterocycles. The highest BCUT2D eigenvalue weighted by Gasteiger charge is 2.07. The molecule has 0 heterocycles. The van der Waals surface area contributed by atoms with Gasteiger partial charge in [-0.2, -0.15) is 0 Å². The fourth-order valence-electron chi connectivity index (χ4n) is 1.76. The molecule has 0 radical (unpaired) electrons. The molecule has 0 aliphatic carbocycles. The van der Waals surface area contributed by atoms with Crippen molar-refractivity contribution >= 4 is 11.6 Å². The summed E-state index contributed by atoms with van der Waals surface area (Å²) in [6.07, 6.45) is 0. The van der Waals surface area contributed by atoms with Crippen molar-refractivity contribution in [3.63, 3.8) is 0 Å². The maximum atomic E-state index is 9.54. The van der Waals surface area contributed by atoms with Crippen LogP contribution >= 0.6 is 11.6 Å². The highest BCUT2D eigenvalue weighted by atomic mass is 35.5. The maximum absolute atomic E-state index is 9.54. The van der Waals surface area contributed by atoms with Gasteiger partial charge in [-0.1, -0.05) is 17.7 Å². The smallest absolute Gasteiger partial charge is 0.161 e. The third-order valence-corrected chi connectivity index (χ3v) is 2.82. The minimum atomic E-state index is 0.132. The van der Waals surface area contributed by atoms with Crippen molar-refractivity contribution in [1.29, 1.82) is 0 Å². The minimum Gasteiger partial charge on any atom is -0.508 e. The fourth-order valence-corrected chi connectivity index (χ4v) is 1.99. The Balaban J connectivity index is 2.50. The highest BCUT2D eigenvalue weighted by molar-refractivity contribution is 6.31. The number of benzene rings is 2. The van der Waals surface area contributed by atoms with Crippen LogP contribution in [0.4, 0.5) is 0 Å². The van der Waals surface area contributed by atoms with Crippen LogP contribution in [0.3, 0.4) is 0 Å². The maximum Gasteiger partial charge on any atom is 0.161 e. The van der Waals surface area contributed by atoms with Crippen molar-refractivity contribution in [2.45, 2.75) is 0 Å². The Bertz CT molecular complexity index is 547. The Labute approximate surface area is 111 Å². The Morgan fingerprint density at radius 1 is 0.889 bits per heavy atom. The van der Waals surface area contributed by atoms with Crippen LogP contribution < -0.4 is 9.47 Å². The molecule has 0 bridgehead atoms. The van der Waals surface area contributed by atoms with E-state index in [9.17, 15) is 5.11 Å². The fraction of sp³-hybridized carbons (Fsp3) is 0.143. The zero-order valence-corrected chi connectivity index (χ0v) is 10.9. The lowest BCUT2D eigenvalue weighted by molar-refractivity contribution is 0.355. The Kier molecular flexibility index (Phi) is 3.63. The second kappa shape index (κ2) is 5.19. The lowest BCUT2D eigenvalue weighted by Crippen LogP contribution is -1.90. The molecule has 2 rings (SSSR count). The normalized spacial score (nSPS) is 10.2. The quantitative estimate of drug-likeness (QED) is 0.918. The van der Waals surface area contributed by atoms with Gasteiger partial charge in [0.25, 0.3) is 0 Å². The van der Waals surface area contributed by atoms with Gasteiger partial charge in [-0.3, -0.25) is 0 Å². The average molecular weight is 265 g/mol. The van der Waals surface area contributed by atoms with E-state index in [0.29, 0.717) is 16.5 Å². The first-order valence-electron chi connectivity index (χ1n) is 5.36. The molecule has 94 valence electrons. The molecule has 3 nitrogen and oxygen atoms in total. The zero-order valence-electron chi connectivity index (χ0n) is 10.1. The van der Waals surface area contributed by atoms with Crippen molar-refractivity contribution in [2.24, 2.45) is 0 Å². The SMILES string of the molecule is COc1ccc(-c2cc(O)cc(Cl)c2)cc1OC. The predicted molar refractivity (Wildman–Crippen MR) is 71.7 cm³/mol. The molecule has 0 aliphatic rings. The molecule has 0 spiro atoms. The Morgan fingerprint density at radius 3 is 2.22 bits per heavy atom. The van der Waals surface area contributed by atoms with Gasteiger partial charge in [-0.05, 0) is 41.5 Å². The molecule has 1 N–H and O–H groups in total. The summed E-state index contributed by atoms with van der Waals surface area (Å²) in [6.45, 7) is 0. The van der Waals surface area contributed by atoms with Crippen LogP contribution in [0, 0.1) is 0 Å². The van der Waals surface area contributed by atoms with Crippen LogP contribution in [-0.4, -0.2) is 19.3 Å². The summed E-state index contributed by atoms with van der Waals surface area (Å²) >= 11 is 5.92. The summed E-state index contributed by atoms with van der Waals surface area (Å²) in [7, 11) is 3.17. The molecule has 0 aromatic heterocycles. The number of hydrogen-bond donors (Lipinski definition) is 1. The van der Waals surface area contributed by atoms with Crippen molar-refractivity contribution in [3.8, 4) is 28.4 Å². The topological polar surface area (TPSA) is 38.7 Å². The van der Waals surface area contributed by atoms with Gasteiger partial charge in [0.05, 0.1) is 14.2 Å². The first kappa shape index (κ1) is 12.6. The van der Waals surface area contributed by atoms with E-state index in [1.165, 1.54) is 6.07 Å². The van der Waals surface area contributed by atoms with Gasteiger partial charge in [0.15, 0.2) is 11.5 Å². The van der Waals surface area contributed by atoms with E-state index < -0.39 is 0 Å². The molecule has 2 aromatic rings. The molecule has 18 heavy (non-hydrogen) atoms. The first-order chi connectivity index (χ1) is 8.63. The van der Waals surface area contributed by atoms with E-state index in [0.717, 1.165) is 11.1 Å². The molecule has 0 amide bonds. The molecule has 0 unspecified atom stereocenters. The van der Waals surface area contributed by atoms with E-state index in [1.807, 2.05) is 18.2 Å². The van der Waals surface area contributed by atoms with Crippen LogP contribution in [0.2, 0.25) is 5.02 Å². The summed E-state index contributed by atoms with van der Waals surface area (Å²) in [5.74, 6) is 1.43. The van der Waals surface area contributed by atoms with Crippen LogP contribution in [0.25, 0.3) is 11.1 Å². The van der Waals surface area contributed by atoms with Gasteiger partial charge < -0.3 is 14.6 Å². The van der Waals surface area contributed by atoms with Crippen LogP contribution in [0.15, 0.2) is 36.4 Å². The van der Waals surface area contributed by atoms with E-state index in [1.54, 1.807) is 26.4 Å². The molecule has 0 atom stereocenters. The Morgan fingerprint density at radius 2 is 1.61 bits per heavy atom. The number of ether oxygens (including phenoxy) is 2. The van der Waals surface area contributed by atoms with Gasteiger partial charge in [0.2, 0.25) is 0 Å². The van der Waals surface area contributed by atoms with Crippen LogP contribution in [0.5, 0.6) is 17.2 Å². The molecule has 2 aromatic carbocycles. The second-order valence-electron chi connectivity index (χ2n) is 3.77. The number of halogens is 1. The van der Waals surface area contributed by atoms with Crippen molar-refractivity contribution in [1.82, 2.24) is 0 Å². The third-order valence-electron chi connectivity index (χ3n) is 2.60. The Hall–Kier alpha value is -1.87. The second-order valence-corrected chi connectivity index (χ2v) is 4.20. The number of rotatable bonds is 3. The lowest BCUT2D eigenvalue weighted by Gasteiger charge is -2.10. The molecule has 0 aliphatic heterocycles. The summed E-state index contributed by atoms with van der Waals surface area (Å²) in [5, 5.41) is 10.0. The first-order valence-corrected chi connectivity index (χ1v) is 5.74. The number of phenols is 1. The van der Waals surface area contributed by atoms with Crippen molar-refractivity contribution in [2.75, 3.05) is 14.2 Å². The van der Waals surface area contributed by atoms with E-state index >= 15 is 0 Å². The van der Waals surface area contributed by atoms with Gasteiger partial charge in [0, 0.05) is 5.02 Å². The lowest BCUT2D eigenvalue weighted by atomic mass is 10.0. The summed E-state index contributed by atoms with van der Waals surface area (Å²) in [6, 6.07) is 10.4. The molecular formula is C14H13ClO3. The van der Waals surface area contributed by atoms with E-state index in [-0.39, 0.29) is 5.75 Å². The third kappa shape index (κ3) is 2.51. The average Bonchev–Trinajstić information content (AvgIpc) is 2.36. The molecule has 4 heteroatoms. The van der Waals surface area contributed by atoms with Crippen LogP contribution in [-0.2, 0) is 0 Å². The van der Waals surface area contributed by atoms with Crippen LogP contribution in [0.1, 0.15) is 0 Å². The monoisotopic (exact) mass is 264 g/mol. The van der Waals surface area contributed by atoms with Gasteiger partial charge in [-0.25, -0.2) is 0 Å². The predicted octanol–water partition coefficient (Wildman–Crippen LogP) is 3.73. The van der Waals surface area contributed by atoms with Crippen molar-refractivity contribution in [3.05, 3.63) is 41.4 Å². The number of phenolic OH excluding ortho intramolecular Hbond substituents is 1. The molecular weight excluding hydrogens is 252 g/mol.